The number of ether oxygens (including phenoxy) is 1. The highest BCUT2D eigenvalue weighted by atomic mass is 32.2. The quantitative estimate of drug-likeness (QED) is 0.785. The summed E-state index contributed by atoms with van der Waals surface area (Å²) in [5.41, 5.74) is 2.46. The number of hydrogen-bond donors (Lipinski definition) is 0. The van der Waals surface area contributed by atoms with E-state index in [-0.39, 0.29) is 17.1 Å². The van der Waals surface area contributed by atoms with Crippen LogP contribution in [0.4, 0.5) is 5.69 Å². The summed E-state index contributed by atoms with van der Waals surface area (Å²) in [6.45, 7) is 3.66. The monoisotopic (exact) mass is 334 g/mol. The zero-order chi connectivity index (χ0) is 16.4. The van der Waals surface area contributed by atoms with Crippen LogP contribution >= 0.6 is 11.8 Å². The van der Waals surface area contributed by atoms with Crippen molar-refractivity contribution in [2.45, 2.75) is 24.6 Å². The molecule has 0 N–H and O–H groups in total. The average molecular weight is 334 g/mol. The van der Waals surface area contributed by atoms with Crippen molar-refractivity contribution in [1.29, 1.82) is 0 Å². The second kappa shape index (κ2) is 6.83. The van der Waals surface area contributed by atoms with E-state index in [0.717, 1.165) is 17.9 Å². The Kier molecular flexibility index (Phi) is 4.80. The van der Waals surface area contributed by atoms with Crippen LogP contribution in [0, 0.1) is 0 Å². The van der Waals surface area contributed by atoms with Gasteiger partial charge in [0.1, 0.15) is 5.25 Å². The van der Waals surface area contributed by atoms with Crippen molar-refractivity contribution in [1.82, 2.24) is 4.90 Å². The fourth-order valence-corrected chi connectivity index (χ4v) is 4.39. The molecule has 1 amide bonds. The molecule has 2 aliphatic rings. The fraction of sp³-hybridized carbons (Fsp3) is 0.529. The molecule has 1 fully saturated rings. The summed E-state index contributed by atoms with van der Waals surface area (Å²) in [7, 11) is 1.40. The van der Waals surface area contributed by atoms with Gasteiger partial charge in [-0.25, -0.2) is 0 Å². The summed E-state index contributed by atoms with van der Waals surface area (Å²) in [5, 5.41) is -0.263. The van der Waals surface area contributed by atoms with Crippen molar-refractivity contribution < 1.29 is 14.3 Å². The lowest BCUT2D eigenvalue weighted by Gasteiger charge is -2.33. The van der Waals surface area contributed by atoms with E-state index in [1.165, 1.54) is 12.7 Å². The number of nitrogens with zero attached hydrogens (tertiary/aromatic N) is 2. The van der Waals surface area contributed by atoms with E-state index in [1.807, 2.05) is 12.1 Å². The first kappa shape index (κ1) is 16.2. The molecule has 3 rings (SSSR count). The van der Waals surface area contributed by atoms with Crippen LogP contribution in [0.15, 0.2) is 24.3 Å². The number of carbonyl (C=O) groups is 2. The molecule has 2 heterocycles. The molecule has 124 valence electrons. The van der Waals surface area contributed by atoms with Gasteiger partial charge in [0.25, 0.3) is 0 Å². The highest BCUT2D eigenvalue weighted by molar-refractivity contribution is 8.00. The van der Waals surface area contributed by atoms with Crippen LogP contribution in [0.25, 0.3) is 0 Å². The lowest BCUT2D eigenvalue weighted by atomic mass is 10.1. The molecule has 0 bridgehead atoms. The highest BCUT2D eigenvalue weighted by Gasteiger charge is 2.32. The first-order valence-electron chi connectivity index (χ1n) is 7.92. The predicted octanol–water partition coefficient (Wildman–Crippen LogP) is 1.55. The maximum atomic E-state index is 12.7. The van der Waals surface area contributed by atoms with Gasteiger partial charge in [-0.05, 0) is 25.0 Å². The molecular weight excluding hydrogens is 312 g/mol. The van der Waals surface area contributed by atoms with Crippen LogP contribution in [0.3, 0.4) is 0 Å². The van der Waals surface area contributed by atoms with Crippen LogP contribution in [0.1, 0.15) is 12.5 Å². The van der Waals surface area contributed by atoms with Crippen LogP contribution < -0.4 is 4.90 Å². The second-order valence-electron chi connectivity index (χ2n) is 6.03. The van der Waals surface area contributed by atoms with E-state index in [4.69, 9.17) is 4.74 Å². The zero-order valence-electron chi connectivity index (χ0n) is 13.5. The fourth-order valence-electron chi connectivity index (χ4n) is 3.27. The minimum Gasteiger partial charge on any atom is -0.468 e. The molecule has 23 heavy (non-hydrogen) atoms. The molecule has 1 aromatic rings. The van der Waals surface area contributed by atoms with E-state index >= 15 is 0 Å². The Morgan fingerprint density at radius 2 is 2.13 bits per heavy atom. The van der Waals surface area contributed by atoms with E-state index in [9.17, 15) is 9.59 Å². The number of hydrogen-bond acceptors (Lipinski definition) is 5. The van der Waals surface area contributed by atoms with E-state index in [1.54, 1.807) is 16.7 Å². The third kappa shape index (κ3) is 3.32. The lowest BCUT2D eigenvalue weighted by molar-refractivity contribution is -0.141. The molecule has 0 unspecified atom stereocenters. The smallest absolute Gasteiger partial charge is 0.320 e. The molecule has 0 spiro atoms. The van der Waals surface area contributed by atoms with Gasteiger partial charge in [-0.15, -0.1) is 11.8 Å². The van der Waals surface area contributed by atoms with Gasteiger partial charge in [-0.3, -0.25) is 9.59 Å². The van der Waals surface area contributed by atoms with E-state index in [2.05, 4.69) is 24.0 Å². The van der Waals surface area contributed by atoms with E-state index < -0.39 is 0 Å². The Balaban J connectivity index is 1.66. The topological polar surface area (TPSA) is 49.9 Å². The Labute approximate surface area is 141 Å². The maximum Gasteiger partial charge on any atom is 0.320 e. The van der Waals surface area contributed by atoms with Crippen molar-refractivity contribution in [3.8, 4) is 0 Å². The normalized spacial score (nSPS) is 23.6. The molecule has 0 aliphatic carbocycles. The number of anilines is 1. The summed E-state index contributed by atoms with van der Waals surface area (Å²) in [6.07, 6.45) is 0.976. The van der Waals surface area contributed by atoms with Gasteiger partial charge in [0.05, 0.1) is 13.7 Å². The number of thioether (sulfide) groups is 1. The Bertz CT molecular complexity index is 607. The summed E-state index contributed by atoms with van der Waals surface area (Å²) >= 11 is 1.57. The average Bonchev–Trinajstić information content (AvgIpc) is 2.90. The van der Waals surface area contributed by atoms with Crippen LogP contribution in [-0.2, 0) is 20.7 Å². The number of esters is 1. The summed E-state index contributed by atoms with van der Waals surface area (Å²) < 4.78 is 4.81. The van der Waals surface area contributed by atoms with Gasteiger partial charge in [0.2, 0.25) is 5.91 Å². The number of rotatable bonds is 3. The number of methoxy groups -OCH3 is 1. The lowest BCUT2D eigenvalue weighted by Crippen LogP contribution is -2.49. The molecular formula is C17H22N2O3S. The number of para-hydroxylation sites is 1. The minimum absolute atomic E-state index is 0.0859. The predicted molar refractivity (Wildman–Crippen MR) is 91.8 cm³/mol. The van der Waals surface area contributed by atoms with Crippen LogP contribution in [-0.4, -0.2) is 60.6 Å². The largest absolute Gasteiger partial charge is 0.468 e. The van der Waals surface area contributed by atoms with Gasteiger partial charge in [-0.2, -0.15) is 0 Å². The Morgan fingerprint density at radius 3 is 2.91 bits per heavy atom. The zero-order valence-corrected chi connectivity index (χ0v) is 14.3. The molecule has 6 heteroatoms. The first-order chi connectivity index (χ1) is 11.1. The van der Waals surface area contributed by atoms with Gasteiger partial charge in [0, 0.05) is 30.6 Å². The van der Waals surface area contributed by atoms with Crippen LogP contribution in [0.5, 0.6) is 0 Å². The van der Waals surface area contributed by atoms with Gasteiger partial charge < -0.3 is 14.5 Å². The molecule has 2 aliphatic heterocycles. The third-order valence-corrected chi connectivity index (χ3v) is 5.70. The summed E-state index contributed by atoms with van der Waals surface area (Å²) in [6, 6.07) is 8.59. The number of fused-ring (bicyclic) bond motifs is 1. The molecule has 0 aromatic heterocycles. The minimum atomic E-state index is -0.263. The summed E-state index contributed by atoms with van der Waals surface area (Å²) in [5.74, 6) is 0.618. The van der Waals surface area contributed by atoms with Gasteiger partial charge in [0.15, 0.2) is 0 Å². The number of benzene rings is 1. The van der Waals surface area contributed by atoms with Gasteiger partial charge in [-0.1, -0.05) is 18.2 Å². The first-order valence-corrected chi connectivity index (χ1v) is 8.96. The standard InChI is InChI=1S/C17H22N2O3S/c1-12-9-13-5-3-4-6-14(13)19(12)11-16(20)18-7-8-23-15(10-18)17(21)22-2/h3-6,12,15H,7-11H2,1-2H3/t12-,15-/m0/s1. The highest BCUT2D eigenvalue weighted by Crippen LogP contribution is 2.31. The van der Waals surface area contributed by atoms with Gasteiger partial charge >= 0.3 is 5.97 Å². The number of carbonyl (C=O) groups excluding carboxylic acids is 2. The van der Waals surface area contributed by atoms with Crippen molar-refractivity contribution in [2.75, 3.05) is 37.4 Å². The van der Waals surface area contributed by atoms with Crippen molar-refractivity contribution in [3.05, 3.63) is 29.8 Å². The maximum absolute atomic E-state index is 12.7. The Hall–Kier alpha value is -1.69. The molecule has 1 saturated heterocycles. The van der Waals surface area contributed by atoms with E-state index in [0.29, 0.717) is 25.7 Å². The SMILES string of the molecule is COC(=O)[C@@H]1CN(C(=O)CN2c3ccccc3C[C@@H]2C)CCS1. The van der Waals surface area contributed by atoms with Crippen molar-refractivity contribution in [2.24, 2.45) is 0 Å². The van der Waals surface area contributed by atoms with Crippen molar-refractivity contribution in [3.63, 3.8) is 0 Å². The molecule has 5 nitrogen and oxygen atoms in total. The molecule has 2 atom stereocenters. The molecule has 0 radical (unpaired) electrons. The van der Waals surface area contributed by atoms with Crippen molar-refractivity contribution >= 4 is 29.3 Å². The molecule has 0 saturated carbocycles. The molecule has 1 aromatic carbocycles. The Morgan fingerprint density at radius 1 is 1.35 bits per heavy atom. The number of amides is 1. The third-order valence-electron chi connectivity index (χ3n) is 4.54. The van der Waals surface area contributed by atoms with Crippen LogP contribution in [0.2, 0.25) is 0 Å². The summed E-state index contributed by atoms with van der Waals surface area (Å²) in [4.78, 5) is 28.4. The second-order valence-corrected chi connectivity index (χ2v) is 7.34.